The van der Waals surface area contributed by atoms with E-state index < -0.39 is 16.5 Å². The molecule has 0 unspecified atom stereocenters. The number of hydrogen-bond donors (Lipinski definition) is 3. The number of carbonyl (C=O) groups is 1. The van der Waals surface area contributed by atoms with E-state index in [0.29, 0.717) is 16.3 Å². The predicted molar refractivity (Wildman–Crippen MR) is 104 cm³/mol. The standard InChI is InChI=1S/C16H11Cl2N7O3/c17-10-1-2-12(11(18)7-10)22-14-13(25(27)28)15(21-8-20-14)23-24-16(26)9-3-5-19-6-4-9/h1-8H,(H,24,26)(H2,20,21,22,23). The number of benzene rings is 1. The number of nitrogens with one attached hydrogen (secondary N) is 3. The molecule has 0 bridgehead atoms. The molecule has 0 fully saturated rings. The molecule has 0 saturated carbocycles. The van der Waals surface area contributed by atoms with E-state index >= 15 is 0 Å². The van der Waals surface area contributed by atoms with Gasteiger partial charge in [-0.05, 0) is 30.3 Å². The van der Waals surface area contributed by atoms with Gasteiger partial charge in [-0.3, -0.25) is 30.7 Å². The highest BCUT2D eigenvalue weighted by molar-refractivity contribution is 6.36. The Hall–Kier alpha value is -3.50. The van der Waals surface area contributed by atoms with Crippen molar-refractivity contribution in [3.8, 4) is 0 Å². The number of nitro groups is 1. The van der Waals surface area contributed by atoms with Gasteiger partial charge in [0.15, 0.2) is 0 Å². The third-order valence-electron chi connectivity index (χ3n) is 3.43. The summed E-state index contributed by atoms with van der Waals surface area (Å²) in [6.07, 6.45) is 3.99. The zero-order valence-corrected chi connectivity index (χ0v) is 15.4. The smallest absolute Gasteiger partial charge is 0.333 e. The van der Waals surface area contributed by atoms with Crippen LogP contribution in [0.4, 0.5) is 23.0 Å². The molecular weight excluding hydrogens is 409 g/mol. The average Bonchev–Trinajstić information content (AvgIpc) is 2.68. The van der Waals surface area contributed by atoms with Gasteiger partial charge < -0.3 is 5.32 Å². The molecule has 10 nitrogen and oxygen atoms in total. The quantitative estimate of drug-likeness (QED) is 0.407. The average molecular weight is 420 g/mol. The van der Waals surface area contributed by atoms with E-state index in [4.69, 9.17) is 23.2 Å². The maximum absolute atomic E-state index is 12.1. The highest BCUT2D eigenvalue weighted by atomic mass is 35.5. The van der Waals surface area contributed by atoms with Crippen molar-refractivity contribution in [3.05, 3.63) is 74.8 Å². The number of carbonyl (C=O) groups excluding carboxylic acids is 1. The largest absolute Gasteiger partial charge is 0.355 e. The predicted octanol–water partition coefficient (Wildman–Crippen LogP) is 3.59. The SMILES string of the molecule is O=C(NNc1ncnc(Nc2ccc(Cl)cc2Cl)c1[N+](=O)[O-])c1ccncc1. The van der Waals surface area contributed by atoms with Crippen molar-refractivity contribution < 1.29 is 9.72 Å². The molecule has 28 heavy (non-hydrogen) atoms. The number of hydrazine groups is 1. The van der Waals surface area contributed by atoms with Crippen LogP contribution < -0.4 is 16.2 Å². The number of halogens is 2. The molecule has 1 amide bonds. The first-order valence-electron chi connectivity index (χ1n) is 7.63. The van der Waals surface area contributed by atoms with E-state index in [9.17, 15) is 14.9 Å². The van der Waals surface area contributed by atoms with Crippen LogP contribution in [0.15, 0.2) is 49.1 Å². The zero-order valence-electron chi connectivity index (χ0n) is 13.9. The van der Waals surface area contributed by atoms with Gasteiger partial charge in [-0.1, -0.05) is 23.2 Å². The molecule has 3 N–H and O–H groups in total. The first-order chi connectivity index (χ1) is 13.5. The molecule has 0 saturated heterocycles. The fourth-order valence-corrected chi connectivity index (χ4v) is 2.60. The Kier molecular flexibility index (Phi) is 5.82. The van der Waals surface area contributed by atoms with Crippen LogP contribution in [0.1, 0.15) is 10.4 Å². The van der Waals surface area contributed by atoms with E-state index in [1.807, 2.05) is 0 Å². The van der Waals surface area contributed by atoms with Gasteiger partial charge in [0.05, 0.1) is 15.6 Å². The van der Waals surface area contributed by atoms with Crippen molar-refractivity contribution in [2.24, 2.45) is 0 Å². The summed E-state index contributed by atoms with van der Waals surface area (Å²) in [7, 11) is 0. The van der Waals surface area contributed by atoms with Crippen LogP contribution in [-0.2, 0) is 0 Å². The van der Waals surface area contributed by atoms with Crippen LogP contribution in [0.25, 0.3) is 0 Å². The summed E-state index contributed by atoms with van der Waals surface area (Å²) in [5.74, 6) is -0.856. The molecule has 0 spiro atoms. The van der Waals surface area contributed by atoms with E-state index in [1.165, 1.54) is 30.6 Å². The second-order valence-electron chi connectivity index (χ2n) is 5.24. The van der Waals surface area contributed by atoms with Crippen molar-refractivity contribution in [1.29, 1.82) is 0 Å². The fourth-order valence-electron chi connectivity index (χ4n) is 2.14. The van der Waals surface area contributed by atoms with Gasteiger partial charge in [0, 0.05) is 23.0 Å². The van der Waals surface area contributed by atoms with Crippen LogP contribution in [0.2, 0.25) is 10.0 Å². The van der Waals surface area contributed by atoms with Gasteiger partial charge in [0.25, 0.3) is 5.91 Å². The van der Waals surface area contributed by atoms with Crippen LogP contribution in [-0.4, -0.2) is 25.8 Å². The topological polar surface area (TPSA) is 135 Å². The molecule has 0 aliphatic heterocycles. The van der Waals surface area contributed by atoms with Gasteiger partial charge in [-0.25, -0.2) is 9.97 Å². The molecular formula is C16H11Cl2N7O3. The Morgan fingerprint density at radius 3 is 2.46 bits per heavy atom. The molecule has 0 radical (unpaired) electrons. The number of hydrogen-bond acceptors (Lipinski definition) is 8. The third kappa shape index (κ3) is 4.42. The van der Waals surface area contributed by atoms with Gasteiger partial charge in [0.2, 0.25) is 11.6 Å². The number of amides is 1. The van der Waals surface area contributed by atoms with Gasteiger partial charge in [-0.15, -0.1) is 0 Å². The number of anilines is 3. The van der Waals surface area contributed by atoms with Crippen molar-refractivity contribution in [3.63, 3.8) is 0 Å². The Labute approximate surface area is 168 Å². The molecule has 12 heteroatoms. The summed E-state index contributed by atoms with van der Waals surface area (Å²) in [5, 5.41) is 15.0. The molecule has 0 aliphatic rings. The lowest BCUT2D eigenvalue weighted by molar-refractivity contribution is -0.383. The third-order valence-corrected chi connectivity index (χ3v) is 3.97. The fraction of sp³-hybridized carbons (Fsp3) is 0. The number of nitrogens with zero attached hydrogens (tertiary/aromatic N) is 4. The second-order valence-corrected chi connectivity index (χ2v) is 6.08. The Morgan fingerprint density at radius 2 is 1.79 bits per heavy atom. The van der Waals surface area contributed by atoms with Gasteiger partial charge >= 0.3 is 5.69 Å². The van der Waals surface area contributed by atoms with Crippen LogP contribution in [0, 0.1) is 10.1 Å². The van der Waals surface area contributed by atoms with Gasteiger partial charge in [0.1, 0.15) is 6.33 Å². The van der Waals surface area contributed by atoms with Gasteiger partial charge in [-0.2, -0.15) is 0 Å². The molecule has 142 valence electrons. The molecule has 0 atom stereocenters. The lowest BCUT2D eigenvalue weighted by Crippen LogP contribution is -2.30. The maximum atomic E-state index is 12.1. The summed E-state index contributed by atoms with van der Waals surface area (Å²) >= 11 is 11.9. The second kappa shape index (κ2) is 8.46. The summed E-state index contributed by atoms with van der Waals surface area (Å²) in [4.78, 5) is 34.5. The highest BCUT2D eigenvalue weighted by Gasteiger charge is 2.24. The summed E-state index contributed by atoms with van der Waals surface area (Å²) in [6.45, 7) is 0. The summed E-state index contributed by atoms with van der Waals surface area (Å²) in [5.41, 5.74) is 4.96. The Balaban J connectivity index is 1.85. The van der Waals surface area contributed by atoms with E-state index in [1.54, 1.807) is 12.1 Å². The minimum absolute atomic E-state index is 0.120. The zero-order chi connectivity index (χ0) is 20.1. The normalized spacial score (nSPS) is 10.2. The first kappa shape index (κ1) is 19.3. The minimum Gasteiger partial charge on any atom is -0.333 e. The lowest BCUT2D eigenvalue weighted by Gasteiger charge is -2.11. The van der Waals surface area contributed by atoms with Crippen LogP contribution in [0.5, 0.6) is 0 Å². The van der Waals surface area contributed by atoms with E-state index in [-0.39, 0.29) is 16.7 Å². The van der Waals surface area contributed by atoms with Crippen LogP contribution in [0.3, 0.4) is 0 Å². The number of pyridine rings is 1. The van der Waals surface area contributed by atoms with E-state index in [0.717, 1.165) is 6.33 Å². The van der Waals surface area contributed by atoms with E-state index in [2.05, 4.69) is 31.1 Å². The first-order valence-corrected chi connectivity index (χ1v) is 8.39. The van der Waals surface area contributed by atoms with Crippen LogP contribution >= 0.6 is 23.2 Å². The van der Waals surface area contributed by atoms with Crippen molar-refractivity contribution in [2.45, 2.75) is 0 Å². The molecule has 2 aromatic heterocycles. The molecule has 3 rings (SSSR count). The summed E-state index contributed by atoms with van der Waals surface area (Å²) in [6, 6.07) is 7.57. The molecule has 0 aliphatic carbocycles. The maximum Gasteiger partial charge on any atom is 0.355 e. The lowest BCUT2D eigenvalue weighted by atomic mass is 10.2. The minimum atomic E-state index is -0.687. The molecule has 1 aromatic carbocycles. The van der Waals surface area contributed by atoms with Crippen molar-refractivity contribution in [1.82, 2.24) is 20.4 Å². The van der Waals surface area contributed by atoms with Crippen molar-refractivity contribution >= 4 is 52.1 Å². The molecule has 2 heterocycles. The molecule has 3 aromatic rings. The number of rotatable bonds is 6. The monoisotopic (exact) mass is 419 g/mol. The highest BCUT2D eigenvalue weighted by Crippen LogP contribution is 2.34. The Bertz CT molecular complexity index is 1030. The summed E-state index contributed by atoms with van der Waals surface area (Å²) < 4.78 is 0. The van der Waals surface area contributed by atoms with Crippen molar-refractivity contribution in [2.75, 3.05) is 10.7 Å². The Morgan fingerprint density at radius 1 is 1.07 bits per heavy atom. The number of aromatic nitrogens is 3.